The first kappa shape index (κ1) is 20.3. The van der Waals surface area contributed by atoms with Gasteiger partial charge in [-0.25, -0.2) is 14.6 Å². The van der Waals surface area contributed by atoms with Gasteiger partial charge in [0.1, 0.15) is 18.7 Å². The molecule has 3 aromatic rings. The Morgan fingerprint density at radius 3 is 2.60 bits per heavy atom. The molecule has 7 heteroatoms. The molecule has 2 aromatic heterocycles. The summed E-state index contributed by atoms with van der Waals surface area (Å²) < 4.78 is 1.67. The third kappa shape index (κ3) is 4.30. The van der Waals surface area contributed by atoms with Gasteiger partial charge in [0, 0.05) is 13.1 Å². The zero-order chi connectivity index (χ0) is 21.1. The second-order valence-electron chi connectivity index (χ2n) is 8.27. The number of carbonyl (C=O) groups excluding carboxylic acids is 1. The van der Waals surface area contributed by atoms with Gasteiger partial charge in [0.15, 0.2) is 5.65 Å². The van der Waals surface area contributed by atoms with E-state index in [1.165, 1.54) is 36.8 Å². The molecule has 1 atom stereocenters. The van der Waals surface area contributed by atoms with Crippen LogP contribution in [0, 0.1) is 13.8 Å². The average Bonchev–Trinajstić information content (AvgIpc) is 2.95. The first-order chi connectivity index (χ1) is 14.5. The lowest BCUT2D eigenvalue weighted by Gasteiger charge is -2.21. The lowest BCUT2D eigenvalue weighted by molar-refractivity contribution is -0.122. The number of fused-ring (bicyclic) bond motifs is 1. The van der Waals surface area contributed by atoms with Crippen LogP contribution in [0.2, 0.25) is 0 Å². The number of rotatable bonds is 5. The fourth-order valence-corrected chi connectivity index (χ4v) is 4.07. The summed E-state index contributed by atoms with van der Waals surface area (Å²) in [6.45, 7) is 8.33. The van der Waals surface area contributed by atoms with E-state index in [-0.39, 0.29) is 18.5 Å². The number of nitrogens with one attached hydrogen (secondary N) is 1. The quantitative estimate of drug-likeness (QED) is 0.699. The third-order valence-electron chi connectivity index (χ3n) is 6.02. The number of aryl methyl sites for hydroxylation is 2. The molecule has 1 unspecified atom stereocenters. The van der Waals surface area contributed by atoms with Gasteiger partial charge in [-0.3, -0.25) is 4.79 Å². The summed E-state index contributed by atoms with van der Waals surface area (Å²) >= 11 is 0. The molecule has 1 aliphatic heterocycles. The smallest absolute Gasteiger partial charge is 0.242 e. The molecule has 1 saturated heterocycles. The van der Waals surface area contributed by atoms with E-state index in [0.29, 0.717) is 5.65 Å². The van der Waals surface area contributed by atoms with Gasteiger partial charge in [-0.1, -0.05) is 31.0 Å². The number of benzene rings is 1. The second kappa shape index (κ2) is 8.81. The Labute approximate surface area is 177 Å². The minimum absolute atomic E-state index is 0.0686. The first-order valence-electron chi connectivity index (χ1n) is 10.8. The number of amides is 1. The highest BCUT2D eigenvalue weighted by Gasteiger charge is 2.18. The summed E-state index contributed by atoms with van der Waals surface area (Å²) in [6, 6.07) is 6.22. The molecule has 7 nitrogen and oxygen atoms in total. The number of aromatic nitrogens is 4. The maximum atomic E-state index is 12.7. The maximum Gasteiger partial charge on any atom is 0.242 e. The van der Waals surface area contributed by atoms with Crippen LogP contribution in [0.4, 0.5) is 5.82 Å². The molecule has 0 aliphatic carbocycles. The Hall–Kier alpha value is -2.96. The fraction of sp³-hybridized carbons (Fsp3) is 0.478. The van der Waals surface area contributed by atoms with Crippen LogP contribution in [0.25, 0.3) is 11.0 Å². The van der Waals surface area contributed by atoms with Gasteiger partial charge >= 0.3 is 0 Å². The van der Waals surface area contributed by atoms with Gasteiger partial charge in [-0.15, -0.1) is 0 Å². The van der Waals surface area contributed by atoms with Crippen molar-refractivity contribution < 1.29 is 4.79 Å². The molecule has 0 radical (unpaired) electrons. The van der Waals surface area contributed by atoms with Crippen molar-refractivity contribution >= 4 is 22.8 Å². The van der Waals surface area contributed by atoms with Crippen molar-refractivity contribution in [1.82, 2.24) is 25.1 Å². The van der Waals surface area contributed by atoms with Gasteiger partial charge in [0.25, 0.3) is 0 Å². The van der Waals surface area contributed by atoms with Gasteiger partial charge in [0.05, 0.1) is 17.6 Å². The van der Waals surface area contributed by atoms with Crippen molar-refractivity contribution in [3.8, 4) is 0 Å². The highest BCUT2D eigenvalue weighted by Crippen LogP contribution is 2.25. The Balaban J connectivity index is 1.49. The largest absolute Gasteiger partial charge is 0.356 e. The number of hydrogen-bond donors (Lipinski definition) is 1. The van der Waals surface area contributed by atoms with Crippen molar-refractivity contribution in [2.45, 2.75) is 59.0 Å². The number of nitrogens with zero attached hydrogens (tertiary/aromatic N) is 5. The Bertz CT molecular complexity index is 1040. The molecule has 3 heterocycles. The van der Waals surface area contributed by atoms with E-state index < -0.39 is 0 Å². The predicted molar refractivity (Wildman–Crippen MR) is 118 cm³/mol. The number of hydrogen-bond acceptors (Lipinski definition) is 5. The molecule has 1 fully saturated rings. The third-order valence-corrected chi connectivity index (χ3v) is 6.02. The summed E-state index contributed by atoms with van der Waals surface area (Å²) in [6.07, 6.45) is 8.26. The van der Waals surface area contributed by atoms with Crippen molar-refractivity contribution in [2.75, 3.05) is 18.0 Å². The normalized spacial score (nSPS) is 15.8. The second-order valence-corrected chi connectivity index (χ2v) is 8.27. The van der Waals surface area contributed by atoms with Crippen LogP contribution in [-0.4, -0.2) is 38.7 Å². The molecule has 0 spiro atoms. The standard InChI is InChI=1S/C23H30N6O/c1-16-8-9-19(12-17(16)2)18(3)27-21(30)14-29-23-20(13-26-29)22(24-15-25-23)28-10-6-4-5-7-11-28/h8-9,12-13,15,18H,4-7,10-11,14H2,1-3H3,(H,27,30). The molecule has 1 N–H and O–H groups in total. The zero-order valence-electron chi connectivity index (χ0n) is 18.1. The molecular formula is C23H30N6O. The van der Waals surface area contributed by atoms with Crippen molar-refractivity contribution in [2.24, 2.45) is 0 Å². The van der Waals surface area contributed by atoms with Gasteiger partial charge in [-0.05, 0) is 50.3 Å². The van der Waals surface area contributed by atoms with Crippen molar-refractivity contribution in [3.63, 3.8) is 0 Å². The van der Waals surface area contributed by atoms with Crippen LogP contribution in [0.3, 0.4) is 0 Å². The fourth-order valence-electron chi connectivity index (χ4n) is 4.07. The summed E-state index contributed by atoms with van der Waals surface area (Å²) in [5, 5.41) is 8.44. The predicted octanol–water partition coefficient (Wildman–Crippen LogP) is 3.70. The number of carbonyl (C=O) groups is 1. The van der Waals surface area contributed by atoms with Crippen molar-refractivity contribution in [1.29, 1.82) is 0 Å². The van der Waals surface area contributed by atoms with E-state index in [2.05, 4.69) is 57.3 Å². The number of anilines is 1. The molecule has 0 saturated carbocycles. The van der Waals surface area contributed by atoms with Crippen LogP contribution in [-0.2, 0) is 11.3 Å². The molecule has 1 amide bonds. The van der Waals surface area contributed by atoms with E-state index in [1.807, 2.05) is 6.92 Å². The molecule has 4 rings (SSSR count). The Morgan fingerprint density at radius 2 is 1.87 bits per heavy atom. The molecule has 0 bridgehead atoms. The molecule has 1 aromatic carbocycles. The van der Waals surface area contributed by atoms with E-state index in [1.54, 1.807) is 17.2 Å². The minimum Gasteiger partial charge on any atom is -0.356 e. The summed E-state index contributed by atoms with van der Waals surface area (Å²) in [7, 11) is 0. The van der Waals surface area contributed by atoms with Crippen LogP contribution < -0.4 is 10.2 Å². The highest BCUT2D eigenvalue weighted by molar-refractivity contribution is 5.88. The van der Waals surface area contributed by atoms with E-state index in [9.17, 15) is 4.79 Å². The monoisotopic (exact) mass is 406 g/mol. The van der Waals surface area contributed by atoms with Gasteiger partial charge in [0.2, 0.25) is 5.91 Å². The molecule has 1 aliphatic rings. The Morgan fingerprint density at radius 1 is 1.10 bits per heavy atom. The Kier molecular flexibility index (Phi) is 5.97. The van der Waals surface area contributed by atoms with E-state index >= 15 is 0 Å². The van der Waals surface area contributed by atoms with Crippen LogP contribution >= 0.6 is 0 Å². The maximum absolute atomic E-state index is 12.7. The zero-order valence-corrected chi connectivity index (χ0v) is 18.1. The summed E-state index contributed by atoms with van der Waals surface area (Å²) in [4.78, 5) is 24.0. The van der Waals surface area contributed by atoms with Gasteiger partial charge in [-0.2, -0.15) is 5.10 Å². The molecular weight excluding hydrogens is 376 g/mol. The molecule has 30 heavy (non-hydrogen) atoms. The average molecular weight is 407 g/mol. The minimum atomic E-state index is -0.0827. The lowest BCUT2D eigenvalue weighted by Crippen LogP contribution is -2.30. The SMILES string of the molecule is Cc1ccc(C(C)NC(=O)Cn2ncc3c(N4CCCCCC4)ncnc32)cc1C. The lowest BCUT2D eigenvalue weighted by atomic mass is 10.0. The van der Waals surface area contributed by atoms with Crippen molar-refractivity contribution in [3.05, 3.63) is 47.4 Å². The topological polar surface area (TPSA) is 75.9 Å². The van der Waals surface area contributed by atoms with Crippen LogP contribution in [0.5, 0.6) is 0 Å². The van der Waals surface area contributed by atoms with Crippen LogP contribution in [0.1, 0.15) is 55.3 Å². The van der Waals surface area contributed by atoms with E-state index in [4.69, 9.17) is 0 Å². The van der Waals surface area contributed by atoms with Gasteiger partial charge < -0.3 is 10.2 Å². The molecule has 158 valence electrons. The summed E-state index contributed by atoms with van der Waals surface area (Å²) in [5.74, 6) is 0.845. The first-order valence-corrected chi connectivity index (χ1v) is 10.8. The van der Waals surface area contributed by atoms with E-state index in [0.717, 1.165) is 29.9 Å². The highest BCUT2D eigenvalue weighted by atomic mass is 16.2. The van der Waals surface area contributed by atoms with Crippen LogP contribution in [0.15, 0.2) is 30.7 Å². The summed E-state index contributed by atoms with van der Waals surface area (Å²) in [5.41, 5.74) is 4.28.